The lowest BCUT2D eigenvalue weighted by atomic mass is 10.1. The molecule has 20 heavy (non-hydrogen) atoms. The average molecular weight is 285 g/mol. The van der Waals surface area contributed by atoms with E-state index in [1.54, 1.807) is 11.8 Å². The highest BCUT2D eigenvalue weighted by atomic mass is 32.2. The van der Waals surface area contributed by atoms with Crippen molar-refractivity contribution in [2.75, 3.05) is 6.26 Å². The zero-order valence-electron chi connectivity index (χ0n) is 12.1. The topological polar surface area (TPSA) is 40.8 Å². The third kappa shape index (κ3) is 3.44. The van der Waals surface area contributed by atoms with Crippen LogP contribution in [-0.4, -0.2) is 10.8 Å². The number of nitriles is 1. The van der Waals surface area contributed by atoms with Gasteiger partial charge in [-0.05, 0) is 42.5 Å². The van der Waals surface area contributed by atoms with E-state index in [0.29, 0.717) is 5.69 Å². The minimum Gasteiger partial charge on any atom is -0.342 e. The van der Waals surface area contributed by atoms with Gasteiger partial charge in [0.2, 0.25) is 0 Å². The van der Waals surface area contributed by atoms with E-state index in [4.69, 9.17) is 5.26 Å². The Kier molecular flexibility index (Phi) is 4.89. The first-order valence-electron chi connectivity index (χ1n) is 6.56. The molecule has 0 saturated carbocycles. The summed E-state index contributed by atoms with van der Waals surface area (Å²) in [6.07, 6.45) is 4.08. The minimum atomic E-state index is 0.289. The average Bonchev–Trinajstić information content (AvgIpc) is 2.85. The van der Waals surface area contributed by atoms with Crippen LogP contribution in [0, 0.1) is 11.3 Å². The molecule has 0 aliphatic heterocycles. The van der Waals surface area contributed by atoms with Crippen molar-refractivity contribution in [2.45, 2.75) is 24.4 Å². The van der Waals surface area contributed by atoms with Crippen molar-refractivity contribution in [1.82, 2.24) is 9.88 Å². The van der Waals surface area contributed by atoms with Crippen molar-refractivity contribution in [3.8, 4) is 6.07 Å². The maximum absolute atomic E-state index is 8.94. The Hall–Kier alpha value is -1.70. The van der Waals surface area contributed by atoms with Crippen molar-refractivity contribution in [1.29, 1.82) is 5.26 Å². The maximum Gasteiger partial charge on any atom is 0.120 e. The predicted molar refractivity (Wildman–Crippen MR) is 83.6 cm³/mol. The molecule has 2 rings (SSSR count). The predicted octanol–water partition coefficient (Wildman–Crippen LogP) is 3.47. The minimum absolute atomic E-state index is 0.289. The Bertz CT molecular complexity index is 608. The lowest BCUT2D eigenvalue weighted by molar-refractivity contribution is 0.574. The fraction of sp³-hybridized carbons (Fsp3) is 0.312. The summed E-state index contributed by atoms with van der Waals surface area (Å²) in [5, 5.41) is 12.4. The molecule has 0 fully saturated rings. The van der Waals surface area contributed by atoms with Gasteiger partial charge in [-0.25, -0.2) is 0 Å². The van der Waals surface area contributed by atoms with E-state index in [9.17, 15) is 0 Å². The Morgan fingerprint density at radius 3 is 2.60 bits per heavy atom. The summed E-state index contributed by atoms with van der Waals surface area (Å²) >= 11 is 1.75. The third-order valence-electron chi connectivity index (χ3n) is 3.40. The second-order valence-corrected chi connectivity index (χ2v) is 5.71. The van der Waals surface area contributed by atoms with Crippen LogP contribution in [0.2, 0.25) is 0 Å². The summed E-state index contributed by atoms with van der Waals surface area (Å²) in [7, 11) is 1.90. The maximum atomic E-state index is 8.94. The van der Waals surface area contributed by atoms with E-state index in [2.05, 4.69) is 48.8 Å². The molecule has 1 aromatic carbocycles. The van der Waals surface area contributed by atoms with Gasteiger partial charge in [0, 0.05) is 30.7 Å². The van der Waals surface area contributed by atoms with Crippen LogP contribution in [0.15, 0.2) is 41.4 Å². The lowest BCUT2D eigenvalue weighted by Crippen LogP contribution is -2.17. The smallest absolute Gasteiger partial charge is 0.120 e. The lowest BCUT2D eigenvalue weighted by Gasteiger charge is -2.14. The van der Waals surface area contributed by atoms with Crippen molar-refractivity contribution in [3.05, 3.63) is 53.3 Å². The Morgan fingerprint density at radius 2 is 2.05 bits per heavy atom. The molecule has 0 amide bonds. The molecule has 4 heteroatoms. The number of nitrogens with zero attached hydrogens (tertiary/aromatic N) is 2. The summed E-state index contributed by atoms with van der Waals surface area (Å²) in [5.74, 6) is 0. The van der Waals surface area contributed by atoms with Crippen LogP contribution in [0.25, 0.3) is 0 Å². The van der Waals surface area contributed by atoms with Gasteiger partial charge in [0.25, 0.3) is 0 Å². The number of benzene rings is 1. The first-order chi connectivity index (χ1) is 9.63. The van der Waals surface area contributed by atoms with Gasteiger partial charge in [0.1, 0.15) is 11.8 Å². The van der Waals surface area contributed by atoms with Gasteiger partial charge in [-0.3, -0.25) is 0 Å². The summed E-state index contributed by atoms with van der Waals surface area (Å²) in [6, 6.07) is 13.0. The Balaban J connectivity index is 1.97. The fourth-order valence-corrected chi connectivity index (χ4v) is 2.53. The van der Waals surface area contributed by atoms with E-state index >= 15 is 0 Å². The van der Waals surface area contributed by atoms with E-state index < -0.39 is 0 Å². The second-order valence-electron chi connectivity index (χ2n) is 4.83. The number of thioether (sulfide) groups is 1. The summed E-state index contributed by atoms with van der Waals surface area (Å²) in [4.78, 5) is 1.28. The molecule has 1 atom stereocenters. The standard InChI is InChI=1S/C16H19N3S/c1-12(14-4-6-16(20-3)7-5-14)18-10-13-8-15(9-17)19(2)11-13/h4-8,11-12,18H,10H2,1-3H3. The van der Waals surface area contributed by atoms with Gasteiger partial charge in [0.15, 0.2) is 0 Å². The Morgan fingerprint density at radius 1 is 1.35 bits per heavy atom. The summed E-state index contributed by atoms with van der Waals surface area (Å²) < 4.78 is 1.86. The highest BCUT2D eigenvalue weighted by Crippen LogP contribution is 2.19. The quantitative estimate of drug-likeness (QED) is 0.855. The Labute approximate surface area is 124 Å². The van der Waals surface area contributed by atoms with Crippen molar-refractivity contribution < 1.29 is 0 Å². The van der Waals surface area contributed by atoms with Crippen LogP contribution < -0.4 is 5.32 Å². The molecular formula is C16H19N3S. The normalized spacial score (nSPS) is 12.1. The SMILES string of the molecule is CSc1ccc(C(C)NCc2cc(C#N)n(C)c2)cc1. The molecule has 2 aromatic rings. The van der Waals surface area contributed by atoms with Crippen LogP contribution in [0.4, 0.5) is 0 Å². The first kappa shape index (κ1) is 14.7. The van der Waals surface area contributed by atoms with Crippen molar-refractivity contribution >= 4 is 11.8 Å². The molecule has 1 unspecified atom stereocenters. The molecule has 0 spiro atoms. The zero-order valence-corrected chi connectivity index (χ0v) is 12.9. The number of aromatic nitrogens is 1. The molecule has 0 radical (unpaired) electrons. The molecule has 1 heterocycles. The van der Waals surface area contributed by atoms with Gasteiger partial charge in [-0.2, -0.15) is 5.26 Å². The molecular weight excluding hydrogens is 266 g/mol. The van der Waals surface area contributed by atoms with Crippen LogP contribution >= 0.6 is 11.8 Å². The highest BCUT2D eigenvalue weighted by molar-refractivity contribution is 7.98. The first-order valence-corrected chi connectivity index (χ1v) is 7.79. The molecule has 104 valence electrons. The number of hydrogen-bond acceptors (Lipinski definition) is 3. The molecule has 3 nitrogen and oxygen atoms in total. The van der Waals surface area contributed by atoms with E-state index in [1.807, 2.05) is 23.9 Å². The molecule has 0 aliphatic carbocycles. The van der Waals surface area contributed by atoms with Crippen LogP contribution in [0.1, 0.15) is 29.8 Å². The number of aryl methyl sites for hydroxylation is 1. The molecule has 1 N–H and O–H groups in total. The van der Waals surface area contributed by atoms with E-state index in [-0.39, 0.29) is 6.04 Å². The van der Waals surface area contributed by atoms with Crippen LogP contribution in [-0.2, 0) is 13.6 Å². The molecule has 0 aliphatic rings. The number of rotatable bonds is 5. The number of hydrogen-bond donors (Lipinski definition) is 1. The van der Waals surface area contributed by atoms with Gasteiger partial charge in [-0.15, -0.1) is 11.8 Å². The van der Waals surface area contributed by atoms with E-state index in [1.165, 1.54) is 10.5 Å². The van der Waals surface area contributed by atoms with Gasteiger partial charge in [-0.1, -0.05) is 12.1 Å². The fourth-order valence-electron chi connectivity index (χ4n) is 2.12. The molecule has 0 saturated heterocycles. The monoisotopic (exact) mass is 285 g/mol. The zero-order chi connectivity index (χ0) is 14.5. The summed E-state index contributed by atoms with van der Waals surface area (Å²) in [6.45, 7) is 2.92. The largest absolute Gasteiger partial charge is 0.342 e. The van der Waals surface area contributed by atoms with Crippen LogP contribution in [0.3, 0.4) is 0 Å². The van der Waals surface area contributed by atoms with Gasteiger partial charge < -0.3 is 9.88 Å². The van der Waals surface area contributed by atoms with Gasteiger partial charge in [0.05, 0.1) is 0 Å². The van der Waals surface area contributed by atoms with Crippen molar-refractivity contribution in [3.63, 3.8) is 0 Å². The third-order valence-corrected chi connectivity index (χ3v) is 4.15. The molecule has 0 bridgehead atoms. The molecule has 1 aromatic heterocycles. The van der Waals surface area contributed by atoms with Crippen LogP contribution in [0.5, 0.6) is 0 Å². The van der Waals surface area contributed by atoms with Gasteiger partial charge >= 0.3 is 0 Å². The van der Waals surface area contributed by atoms with Crippen molar-refractivity contribution in [2.24, 2.45) is 7.05 Å². The van der Waals surface area contributed by atoms with E-state index in [0.717, 1.165) is 12.1 Å². The second kappa shape index (κ2) is 6.65. The highest BCUT2D eigenvalue weighted by Gasteiger charge is 2.07. The number of nitrogens with one attached hydrogen (secondary N) is 1. The summed E-state index contributed by atoms with van der Waals surface area (Å²) in [5.41, 5.74) is 3.11.